The van der Waals surface area contributed by atoms with Gasteiger partial charge in [0.05, 0.1) is 6.61 Å². The Morgan fingerprint density at radius 3 is 2.90 bits per heavy atom. The smallest absolute Gasteiger partial charge is 0.0587 e. The van der Waals surface area contributed by atoms with Gasteiger partial charge in [-0.15, -0.1) is 0 Å². The van der Waals surface area contributed by atoms with Crippen molar-refractivity contribution in [3.05, 3.63) is 35.4 Å². The Kier molecular flexibility index (Phi) is 6.06. The summed E-state index contributed by atoms with van der Waals surface area (Å²) in [6.45, 7) is 6.42. The fraction of sp³-hybridized carbons (Fsp3) is 0.667. The molecular weight excluding hydrogens is 246 g/mol. The van der Waals surface area contributed by atoms with Crippen LogP contribution in [-0.4, -0.2) is 26.3 Å². The molecule has 1 aromatic carbocycles. The highest BCUT2D eigenvalue weighted by molar-refractivity contribution is 5.32. The van der Waals surface area contributed by atoms with Crippen molar-refractivity contribution in [1.82, 2.24) is 5.32 Å². The van der Waals surface area contributed by atoms with Crippen molar-refractivity contribution in [2.24, 2.45) is 5.92 Å². The third-order valence-corrected chi connectivity index (χ3v) is 4.78. The van der Waals surface area contributed by atoms with E-state index in [0.29, 0.717) is 12.0 Å². The fourth-order valence-corrected chi connectivity index (χ4v) is 3.34. The van der Waals surface area contributed by atoms with Crippen LogP contribution >= 0.6 is 0 Å². The molecule has 0 spiro atoms. The summed E-state index contributed by atoms with van der Waals surface area (Å²) in [5, 5.41) is 3.57. The topological polar surface area (TPSA) is 21.3 Å². The molecule has 2 heteroatoms. The van der Waals surface area contributed by atoms with Gasteiger partial charge in [-0.3, -0.25) is 0 Å². The third kappa shape index (κ3) is 4.07. The predicted octanol–water partition coefficient (Wildman–Crippen LogP) is 3.76. The summed E-state index contributed by atoms with van der Waals surface area (Å²) in [6.07, 6.45) is 5.26. The van der Waals surface area contributed by atoms with Crippen LogP contribution in [0.2, 0.25) is 0 Å². The van der Waals surface area contributed by atoms with Crippen molar-refractivity contribution in [3.8, 4) is 0 Å². The van der Waals surface area contributed by atoms with Crippen LogP contribution in [0.3, 0.4) is 0 Å². The van der Waals surface area contributed by atoms with Gasteiger partial charge in [-0.2, -0.15) is 0 Å². The Bertz CT molecular complexity index is 404. The van der Waals surface area contributed by atoms with E-state index in [1.165, 1.54) is 25.7 Å². The van der Waals surface area contributed by atoms with Gasteiger partial charge in [-0.25, -0.2) is 0 Å². The van der Waals surface area contributed by atoms with Crippen molar-refractivity contribution < 1.29 is 4.74 Å². The molecule has 3 atom stereocenters. The highest BCUT2D eigenvalue weighted by atomic mass is 16.5. The zero-order valence-corrected chi connectivity index (χ0v) is 13.2. The number of hydrogen-bond acceptors (Lipinski definition) is 2. The number of rotatable bonds is 7. The number of methoxy groups -OCH3 is 1. The maximum Gasteiger partial charge on any atom is 0.0587 e. The molecule has 0 aromatic heterocycles. The Labute approximate surface area is 123 Å². The molecule has 0 bridgehead atoms. The number of nitrogens with one attached hydrogen (secondary N) is 1. The number of aryl methyl sites for hydroxylation is 1. The summed E-state index contributed by atoms with van der Waals surface area (Å²) < 4.78 is 5.11. The number of fused-ring (bicyclic) bond motifs is 1. The van der Waals surface area contributed by atoms with Crippen LogP contribution in [0, 0.1) is 5.92 Å². The molecule has 0 radical (unpaired) electrons. The predicted molar refractivity (Wildman–Crippen MR) is 85.2 cm³/mol. The second-order valence-corrected chi connectivity index (χ2v) is 6.24. The van der Waals surface area contributed by atoms with E-state index in [4.69, 9.17) is 4.74 Å². The van der Waals surface area contributed by atoms with E-state index in [1.807, 2.05) is 0 Å². The molecule has 0 amide bonds. The van der Waals surface area contributed by atoms with Gasteiger partial charge in [-0.1, -0.05) is 31.2 Å². The van der Waals surface area contributed by atoms with Gasteiger partial charge in [0.25, 0.3) is 0 Å². The summed E-state index contributed by atoms with van der Waals surface area (Å²) in [5.41, 5.74) is 3.19. The summed E-state index contributed by atoms with van der Waals surface area (Å²) in [7, 11) is 1.76. The van der Waals surface area contributed by atoms with Gasteiger partial charge < -0.3 is 10.1 Å². The van der Waals surface area contributed by atoms with Crippen LogP contribution in [0.1, 0.15) is 50.2 Å². The van der Waals surface area contributed by atoms with E-state index < -0.39 is 0 Å². The molecule has 0 heterocycles. The summed E-state index contributed by atoms with van der Waals surface area (Å²) in [6, 6.07) is 9.59. The Hall–Kier alpha value is -0.860. The standard InChI is InChI=1S/C18H29NO/c1-14(15(2)19-11-12-20-3)13-17-9-6-8-16-7-4-5-10-18(16)17/h4-5,7,10,14-15,17,19H,6,8-9,11-13H2,1-3H3. The third-order valence-electron chi connectivity index (χ3n) is 4.78. The summed E-state index contributed by atoms with van der Waals surface area (Å²) in [5.74, 6) is 1.45. The molecule has 2 rings (SSSR count). The molecule has 0 saturated heterocycles. The molecule has 0 fully saturated rings. The number of hydrogen-bond donors (Lipinski definition) is 1. The molecule has 112 valence electrons. The molecule has 1 N–H and O–H groups in total. The van der Waals surface area contributed by atoms with Gasteiger partial charge in [0.2, 0.25) is 0 Å². The maximum atomic E-state index is 5.11. The van der Waals surface area contributed by atoms with E-state index in [1.54, 1.807) is 18.2 Å². The molecule has 1 aliphatic carbocycles. The lowest BCUT2D eigenvalue weighted by Gasteiger charge is -2.30. The molecule has 0 aliphatic heterocycles. The number of benzene rings is 1. The average molecular weight is 275 g/mol. The lowest BCUT2D eigenvalue weighted by atomic mass is 9.77. The lowest BCUT2D eigenvalue weighted by Crippen LogP contribution is -2.35. The Morgan fingerprint density at radius 1 is 1.30 bits per heavy atom. The van der Waals surface area contributed by atoms with Gasteiger partial charge in [0, 0.05) is 19.7 Å². The average Bonchev–Trinajstić information content (AvgIpc) is 2.47. The first-order valence-electron chi connectivity index (χ1n) is 8.02. The minimum atomic E-state index is 0.555. The van der Waals surface area contributed by atoms with Crippen LogP contribution in [-0.2, 0) is 11.2 Å². The quantitative estimate of drug-likeness (QED) is 0.765. The lowest BCUT2D eigenvalue weighted by molar-refractivity contribution is 0.191. The summed E-state index contributed by atoms with van der Waals surface area (Å²) in [4.78, 5) is 0. The second kappa shape index (κ2) is 7.80. The first-order chi connectivity index (χ1) is 9.72. The number of ether oxygens (including phenoxy) is 1. The van der Waals surface area contributed by atoms with Crippen LogP contribution in [0.25, 0.3) is 0 Å². The summed E-state index contributed by atoms with van der Waals surface area (Å²) >= 11 is 0. The van der Waals surface area contributed by atoms with Crippen LogP contribution < -0.4 is 5.32 Å². The van der Waals surface area contributed by atoms with Gasteiger partial charge in [0.15, 0.2) is 0 Å². The van der Waals surface area contributed by atoms with Crippen molar-refractivity contribution >= 4 is 0 Å². The van der Waals surface area contributed by atoms with E-state index >= 15 is 0 Å². The zero-order chi connectivity index (χ0) is 14.4. The van der Waals surface area contributed by atoms with E-state index in [-0.39, 0.29) is 0 Å². The van der Waals surface area contributed by atoms with Crippen molar-refractivity contribution in [2.45, 2.75) is 51.5 Å². The van der Waals surface area contributed by atoms with Crippen molar-refractivity contribution in [2.75, 3.05) is 20.3 Å². The molecule has 20 heavy (non-hydrogen) atoms. The van der Waals surface area contributed by atoms with Crippen LogP contribution in [0.15, 0.2) is 24.3 Å². The fourth-order valence-electron chi connectivity index (χ4n) is 3.34. The van der Waals surface area contributed by atoms with Crippen molar-refractivity contribution in [1.29, 1.82) is 0 Å². The SMILES string of the molecule is COCCNC(C)C(C)CC1CCCc2ccccc21. The van der Waals surface area contributed by atoms with E-state index in [9.17, 15) is 0 Å². The highest BCUT2D eigenvalue weighted by Crippen LogP contribution is 2.36. The molecule has 0 saturated carbocycles. The van der Waals surface area contributed by atoms with Gasteiger partial charge in [-0.05, 0) is 55.6 Å². The molecule has 3 unspecified atom stereocenters. The minimum absolute atomic E-state index is 0.555. The van der Waals surface area contributed by atoms with Crippen LogP contribution in [0.5, 0.6) is 0 Å². The van der Waals surface area contributed by atoms with Gasteiger partial charge in [0.1, 0.15) is 0 Å². The maximum absolute atomic E-state index is 5.11. The van der Waals surface area contributed by atoms with Crippen molar-refractivity contribution in [3.63, 3.8) is 0 Å². The largest absolute Gasteiger partial charge is 0.383 e. The molecule has 1 aromatic rings. The van der Waals surface area contributed by atoms with Gasteiger partial charge >= 0.3 is 0 Å². The molecular formula is C18H29NO. The first kappa shape index (κ1) is 15.5. The molecule has 2 nitrogen and oxygen atoms in total. The Morgan fingerprint density at radius 2 is 2.10 bits per heavy atom. The van der Waals surface area contributed by atoms with E-state index in [0.717, 1.165) is 19.1 Å². The second-order valence-electron chi connectivity index (χ2n) is 6.24. The normalized spacial score (nSPS) is 21.2. The zero-order valence-electron chi connectivity index (χ0n) is 13.2. The monoisotopic (exact) mass is 275 g/mol. The van der Waals surface area contributed by atoms with E-state index in [2.05, 4.69) is 43.4 Å². The van der Waals surface area contributed by atoms with Crippen LogP contribution in [0.4, 0.5) is 0 Å². The first-order valence-corrected chi connectivity index (χ1v) is 8.02. The highest BCUT2D eigenvalue weighted by Gasteiger charge is 2.23. The molecule has 1 aliphatic rings. The Balaban J connectivity index is 1.90. The minimum Gasteiger partial charge on any atom is -0.383 e.